The van der Waals surface area contributed by atoms with Gasteiger partial charge in [-0.2, -0.15) is 0 Å². The van der Waals surface area contributed by atoms with Crippen molar-refractivity contribution in [2.75, 3.05) is 0 Å². The number of benzene rings is 3. The van der Waals surface area contributed by atoms with Crippen LogP contribution >= 0.6 is 11.3 Å². The first-order valence-electron chi connectivity index (χ1n) is 10.1. The molecule has 0 aliphatic rings. The highest BCUT2D eigenvalue weighted by Gasteiger charge is 2.21. The number of fused-ring (bicyclic) bond motifs is 4. The maximum Gasteiger partial charge on any atom is 0.287 e. The number of nitrogens with zero attached hydrogens (tertiary/aromatic N) is 1. The number of hydrogen-bond acceptors (Lipinski definition) is 1. The van der Waals surface area contributed by atoms with Crippen LogP contribution in [0.1, 0.15) is 30.9 Å². The monoisotopic (exact) mass is 397 g/mol. The lowest BCUT2D eigenvalue weighted by atomic mass is 9.98. The lowest BCUT2D eigenvalue weighted by Gasteiger charge is -2.06. The number of aromatic nitrogens is 2. The Morgan fingerprint density at radius 2 is 1.83 bits per heavy atom. The Balaban J connectivity index is 1.81. The Labute approximate surface area is 175 Å². The first-order chi connectivity index (χ1) is 14.1. The molecule has 5 rings (SSSR count). The van der Waals surface area contributed by atoms with E-state index in [4.69, 9.17) is 0 Å². The number of para-hydroxylation sites is 2. The molecule has 0 fully saturated rings. The normalized spacial score (nSPS) is 11.9. The topological polar surface area (TPSA) is 19.7 Å². The van der Waals surface area contributed by atoms with Crippen LogP contribution in [0.2, 0.25) is 0 Å². The number of hydrogen-bond donors (Lipinski definition) is 1. The minimum absolute atomic E-state index is 0.543. The Kier molecular flexibility index (Phi) is 4.29. The molecule has 0 spiro atoms. The van der Waals surface area contributed by atoms with Crippen LogP contribution in [0.15, 0.2) is 67.3 Å². The van der Waals surface area contributed by atoms with E-state index in [1.165, 1.54) is 42.4 Å². The summed E-state index contributed by atoms with van der Waals surface area (Å²) in [5.41, 5.74) is 6.34. The van der Waals surface area contributed by atoms with Crippen LogP contribution in [0.4, 0.5) is 0 Å². The quantitative estimate of drug-likeness (QED) is 0.252. The molecular weight excluding hydrogens is 372 g/mol. The van der Waals surface area contributed by atoms with Gasteiger partial charge in [0.05, 0.1) is 12.6 Å². The number of rotatable bonds is 4. The smallest absolute Gasteiger partial charge is 0.236 e. The summed E-state index contributed by atoms with van der Waals surface area (Å²) in [6, 6.07) is 20.1. The summed E-state index contributed by atoms with van der Waals surface area (Å²) in [5.74, 6) is 1.69. The van der Waals surface area contributed by atoms with E-state index in [0.717, 1.165) is 17.8 Å². The molecule has 2 heterocycles. The molecule has 0 atom stereocenters. The Morgan fingerprint density at radius 3 is 2.59 bits per heavy atom. The standard InChI is InChI=1S/C26H24N2S/c1-5-8-18-14-25-21(19-12-11-17(16(2)3)13-24(19)29-25)15-20(18)26-27-22-9-6-7-10-23(22)28(26)4/h5-7,9-16H,1,8H2,2-4H3/p+1. The van der Waals surface area contributed by atoms with Crippen LogP contribution in [0.5, 0.6) is 0 Å². The Morgan fingerprint density at radius 1 is 1.03 bits per heavy atom. The van der Waals surface area contributed by atoms with E-state index in [0.29, 0.717) is 5.92 Å². The van der Waals surface area contributed by atoms with Gasteiger partial charge in [-0.15, -0.1) is 17.9 Å². The van der Waals surface area contributed by atoms with E-state index >= 15 is 0 Å². The van der Waals surface area contributed by atoms with E-state index in [1.807, 2.05) is 17.4 Å². The van der Waals surface area contributed by atoms with Crippen LogP contribution in [0.3, 0.4) is 0 Å². The van der Waals surface area contributed by atoms with Gasteiger partial charge in [0.15, 0.2) is 11.0 Å². The van der Waals surface area contributed by atoms with Crippen molar-refractivity contribution < 1.29 is 4.57 Å². The fourth-order valence-corrected chi connectivity index (χ4v) is 5.44. The van der Waals surface area contributed by atoms with Gasteiger partial charge in [0.2, 0.25) is 0 Å². The highest BCUT2D eigenvalue weighted by Crippen LogP contribution is 2.39. The zero-order valence-corrected chi connectivity index (χ0v) is 17.9. The highest BCUT2D eigenvalue weighted by atomic mass is 32.1. The van der Waals surface area contributed by atoms with Gasteiger partial charge in [-0.25, -0.2) is 9.55 Å². The molecule has 29 heavy (non-hydrogen) atoms. The maximum atomic E-state index is 4.00. The minimum atomic E-state index is 0.543. The van der Waals surface area contributed by atoms with Crippen molar-refractivity contribution in [2.45, 2.75) is 26.2 Å². The predicted octanol–water partition coefficient (Wildman–Crippen LogP) is 6.88. The van der Waals surface area contributed by atoms with Crippen molar-refractivity contribution in [1.82, 2.24) is 4.98 Å². The average Bonchev–Trinajstić information content (AvgIpc) is 3.24. The largest absolute Gasteiger partial charge is 0.287 e. The molecule has 3 heteroatoms. The summed E-state index contributed by atoms with van der Waals surface area (Å²) in [6.07, 6.45) is 2.85. The number of aromatic amines is 1. The predicted molar refractivity (Wildman–Crippen MR) is 126 cm³/mol. The molecule has 0 saturated heterocycles. The van der Waals surface area contributed by atoms with Crippen LogP contribution in [-0.4, -0.2) is 4.98 Å². The fourth-order valence-electron chi connectivity index (χ4n) is 4.24. The third kappa shape index (κ3) is 2.89. The molecular formula is C26H25N2S+. The van der Waals surface area contributed by atoms with Gasteiger partial charge in [0, 0.05) is 20.2 Å². The van der Waals surface area contributed by atoms with Gasteiger partial charge in [0.25, 0.3) is 5.82 Å². The van der Waals surface area contributed by atoms with Crippen molar-refractivity contribution >= 4 is 42.5 Å². The lowest BCUT2D eigenvalue weighted by molar-refractivity contribution is -0.633. The average molecular weight is 398 g/mol. The second-order valence-corrected chi connectivity index (χ2v) is 9.14. The van der Waals surface area contributed by atoms with Crippen molar-refractivity contribution in [3.63, 3.8) is 0 Å². The molecule has 2 aromatic heterocycles. The third-order valence-electron chi connectivity index (χ3n) is 5.86. The SMILES string of the molecule is C=CCc1cc2sc3cc(C(C)C)ccc3c2cc1-c1[nH]c2ccccc2[n+]1C. The second-order valence-electron chi connectivity index (χ2n) is 8.06. The van der Waals surface area contributed by atoms with Gasteiger partial charge < -0.3 is 0 Å². The molecule has 0 bridgehead atoms. The number of nitrogens with one attached hydrogen (secondary N) is 1. The highest BCUT2D eigenvalue weighted by molar-refractivity contribution is 7.25. The summed E-state index contributed by atoms with van der Waals surface area (Å²) < 4.78 is 4.98. The Bertz CT molecular complexity index is 1380. The molecule has 0 unspecified atom stereocenters. The fraction of sp³-hybridized carbons (Fsp3) is 0.192. The zero-order chi connectivity index (χ0) is 20.1. The van der Waals surface area contributed by atoms with Gasteiger partial charge in [-0.05, 0) is 53.8 Å². The van der Waals surface area contributed by atoms with Crippen LogP contribution < -0.4 is 4.57 Å². The molecule has 0 aliphatic heterocycles. The van der Waals surface area contributed by atoms with Gasteiger partial charge in [0.1, 0.15) is 0 Å². The number of allylic oxidation sites excluding steroid dienone is 1. The first kappa shape index (κ1) is 18.1. The summed E-state index contributed by atoms with van der Waals surface area (Å²) in [5, 5.41) is 2.68. The number of imidazole rings is 1. The maximum absolute atomic E-state index is 4.00. The van der Waals surface area contributed by atoms with Crippen LogP contribution in [0, 0.1) is 0 Å². The number of aryl methyl sites for hydroxylation is 1. The van der Waals surface area contributed by atoms with Crippen LogP contribution in [0.25, 0.3) is 42.6 Å². The molecule has 0 amide bonds. The molecule has 0 radical (unpaired) electrons. The molecule has 2 nitrogen and oxygen atoms in total. The molecule has 1 N–H and O–H groups in total. The zero-order valence-electron chi connectivity index (χ0n) is 17.1. The summed E-state index contributed by atoms with van der Waals surface area (Å²) in [4.78, 5) is 3.64. The molecule has 0 saturated carbocycles. The van der Waals surface area contributed by atoms with Crippen molar-refractivity contribution in [2.24, 2.45) is 7.05 Å². The van der Waals surface area contributed by atoms with Crippen molar-refractivity contribution in [3.05, 3.63) is 78.4 Å². The van der Waals surface area contributed by atoms with Crippen molar-refractivity contribution in [3.8, 4) is 11.4 Å². The number of H-pyrrole nitrogens is 1. The summed E-state index contributed by atoms with van der Waals surface area (Å²) in [7, 11) is 2.14. The number of thiophene rings is 1. The van der Waals surface area contributed by atoms with Crippen LogP contribution in [-0.2, 0) is 13.5 Å². The molecule has 144 valence electrons. The minimum Gasteiger partial charge on any atom is -0.236 e. The third-order valence-corrected chi connectivity index (χ3v) is 6.98. The first-order valence-corrected chi connectivity index (χ1v) is 11.0. The molecule has 3 aromatic carbocycles. The molecule has 0 aliphatic carbocycles. The second kappa shape index (κ2) is 6.85. The van der Waals surface area contributed by atoms with Gasteiger partial charge in [-0.1, -0.05) is 44.2 Å². The van der Waals surface area contributed by atoms with E-state index < -0.39 is 0 Å². The van der Waals surface area contributed by atoms with Gasteiger partial charge >= 0.3 is 0 Å². The molecule has 5 aromatic rings. The lowest BCUT2D eigenvalue weighted by Crippen LogP contribution is -2.29. The summed E-state index contributed by atoms with van der Waals surface area (Å²) >= 11 is 1.90. The van der Waals surface area contributed by atoms with E-state index in [1.54, 1.807) is 0 Å². The Hall–Kier alpha value is -2.91. The summed E-state index contributed by atoms with van der Waals surface area (Å²) in [6.45, 7) is 8.51. The van der Waals surface area contributed by atoms with Gasteiger partial charge in [-0.3, -0.25) is 0 Å². The van der Waals surface area contributed by atoms with E-state index in [-0.39, 0.29) is 0 Å². The van der Waals surface area contributed by atoms with Crippen molar-refractivity contribution in [1.29, 1.82) is 0 Å². The van der Waals surface area contributed by atoms with E-state index in [9.17, 15) is 0 Å². The van der Waals surface area contributed by atoms with E-state index in [2.05, 4.69) is 91.6 Å².